The molecule has 0 amide bonds. The van der Waals surface area contributed by atoms with Crippen LogP contribution in [0.3, 0.4) is 0 Å². The van der Waals surface area contributed by atoms with Gasteiger partial charge in [0, 0.05) is 16.7 Å². The smallest absolute Gasteiger partial charge is 0.256 e. The third kappa shape index (κ3) is 2.60. The molecule has 0 aromatic heterocycles. The van der Waals surface area contributed by atoms with Crippen molar-refractivity contribution in [2.75, 3.05) is 0 Å². The van der Waals surface area contributed by atoms with Gasteiger partial charge in [0.2, 0.25) is 5.82 Å². The minimum Gasteiger partial charge on any atom is -0.618 e. The van der Waals surface area contributed by atoms with Crippen LogP contribution in [0.1, 0.15) is 5.56 Å². The highest BCUT2D eigenvalue weighted by Crippen LogP contribution is 2.24. The Morgan fingerprint density at radius 2 is 1.83 bits per heavy atom. The van der Waals surface area contributed by atoms with Crippen LogP contribution in [-0.2, 0) is 0 Å². The molecule has 92 valence electrons. The molecule has 0 atom stereocenters. The minimum atomic E-state index is -0.947. The SMILES string of the molecule is [O-][N+](=Cc1ccc(Cl)cc1)c1cccc(O)c1F. The molecular weight excluding hydrogens is 257 g/mol. The molecule has 2 rings (SSSR count). The first-order valence-corrected chi connectivity index (χ1v) is 5.50. The fraction of sp³-hybridized carbons (Fsp3) is 0. The Bertz CT molecular complexity index is 596. The maximum atomic E-state index is 13.5. The van der Waals surface area contributed by atoms with Crippen LogP contribution in [-0.4, -0.2) is 16.1 Å². The van der Waals surface area contributed by atoms with Crippen molar-refractivity contribution in [2.45, 2.75) is 0 Å². The Morgan fingerprint density at radius 3 is 2.50 bits per heavy atom. The molecular formula is C13H9ClFNO2. The van der Waals surface area contributed by atoms with E-state index in [0.717, 1.165) is 0 Å². The van der Waals surface area contributed by atoms with Gasteiger partial charge in [-0.2, -0.15) is 9.13 Å². The number of phenolic OH excluding ortho intramolecular Hbond substituents is 1. The lowest BCUT2D eigenvalue weighted by molar-refractivity contribution is -0.357. The van der Waals surface area contributed by atoms with Crippen LogP contribution in [0.15, 0.2) is 42.5 Å². The van der Waals surface area contributed by atoms with Crippen molar-refractivity contribution >= 4 is 23.5 Å². The Balaban J connectivity index is 2.39. The molecule has 0 spiro atoms. The summed E-state index contributed by atoms with van der Waals surface area (Å²) in [5.74, 6) is -1.50. The molecule has 0 bridgehead atoms. The van der Waals surface area contributed by atoms with Gasteiger partial charge in [-0.3, -0.25) is 0 Å². The van der Waals surface area contributed by atoms with E-state index in [4.69, 9.17) is 11.6 Å². The summed E-state index contributed by atoms with van der Waals surface area (Å²) in [6, 6.07) is 10.4. The first kappa shape index (κ1) is 12.4. The maximum Gasteiger partial charge on any atom is 0.256 e. The number of benzene rings is 2. The van der Waals surface area contributed by atoms with Gasteiger partial charge in [0.05, 0.1) is 0 Å². The first-order valence-electron chi connectivity index (χ1n) is 5.12. The quantitative estimate of drug-likeness (QED) is 0.391. The predicted molar refractivity (Wildman–Crippen MR) is 68.0 cm³/mol. The third-order valence-electron chi connectivity index (χ3n) is 2.33. The summed E-state index contributed by atoms with van der Waals surface area (Å²) < 4.78 is 13.8. The van der Waals surface area contributed by atoms with E-state index in [1.165, 1.54) is 24.4 Å². The zero-order valence-electron chi connectivity index (χ0n) is 9.18. The van der Waals surface area contributed by atoms with Gasteiger partial charge >= 0.3 is 0 Å². The fourth-order valence-corrected chi connectivity index (χ4v) is 1.56. The topological polar surface area (TPSA) is 46.3 Å². The summed E-state index contributed by atoms with van der Waals surface area (Å²) in [4.78, 5) is 0. The van der Waals surface area contributed by atoms with E-state index < -0.39 is 11.6 Å². The molecule has 2 aromatic carbocycles. The van der Waals surface area contributed by atoms with E-state index in [9.17, 15) is 14.7 Å². The monoisotopic (exact) mass is 265 g/mol. The van der Waals surface area contributed by atoms with Crippen molar-refractivity contribution in [2.24, 2.45) is 0 Å². The summed E-state index contributed by atoms with van der Waals surface area (Å²) in [5.41, 5.74) is 0.335. The predicted octanol–water partition coefficient (Wildman–Crippen LogP) is 3.45. The summed E-state index contributed by atoms with van der Waals surface area (Å²) in [6.07, 6.45) is 1.20. The third-order valence-corrected chi connectivity index (χ3v) is 2.58. The van der Waals surface area contributed by atoms with Crippen LogP contribution in [0.25, 0.3) is 0 Å². The van der Waals surface area contributed by atoms with Crippen molar-refractivity contribution in [1.82, 2.24) is 0 Å². The second-order valence-electron chi connectivity index (χ2n) is 3.62. The summed E-state index contributed by atoms with van der Waals surface area (Å²) in [5, 5.41) is 21.5. The van der Waals surface area contributed by atoms with Gasteiger partial charge in [-0.05, 0) is 30.3 Å². The number of halogens is 2. The zero-order valence-corrected chi connectivity index (χ0v) is 9.93. The molecule has 0 aliphatic rings. The molecule has 1 N–H and O–H groups in total. The highest BCUT2D eigenvalue weighted by molar-refractivity contribution is 6.30. The van der Waals surface area contributed by atoms with Gasteiger partial charge in [-0.15, -0.1) is 0 Å². The van der Waals surface area contributed by atoms with Crippen molar-refractivity contribution in [3.05, 3.63) is 64.1 Å². The van der Waals surface area contributed by atoms with Gasteiger partial charge in [-0.25, -0.2) is 0 Å². The van der Waals surface area contributed by atoms with E-state index in [1.807, 2.05) is 0 Å². The minimum absolute atomic E-state index is 0.245. The number of rotatable bonds is 2. The standard InChI is InChI=1S/C13H9ClFNO2/c14-10-6-4-9(5-7-10)8-16(18)11-2-1-3-12(17)13(11)15/h1-8,17H. The summed E-state index contributed by atoms with van der Waals surface area (Å²) in [7, 11) is 0. The number of phenols is 1. The highest BCUT2D eigenvalue weighted by Gasteiger charge is 2.13. The summed E-state index contributed by atoms with van der Waals surface area (Å²) in [6.45, 7) is 0. The van der Waals surface area contributed by atoms with Crippen molar-refractivity contribution < 1.29 is 14.2 Å². The molecule has 0 aliphatic heterocycles. The number of hydrogen-bond donors (Lipinski definition) is 1. The van der Waals surface area contributed by atoms with Crippen LogP contribution < -0.4 is 0 Å². The van der Waals surface area contributed by atoms with Crippen molar-refractivity contribution in [3.63, 3.8) is 0 Å². The van der Waals surface area contributed by atoms with Crippen molar-refractivity contribution in [3.8, 4) is 5.75 Å². The lowest BCUT2D eigenvalue weighted by atomic mass is 10.2. The van der Waals surface area contributed by atoms with Crippen LogP contribution in [0, 0.1) is 11.0 Å². The number of nitrogens with zero attached hydrogens (tertiary/aromatic N) is 1. The van der Waals surface area contributed by atoms with E-state index >= 15 is 0 Å². The lowest BCUT2D eigenvalue weighted by Crippen LogP contribution is -2.01. The van der Waals surface area contributed by atoms with Gasteiger partial charge in [0.15, 0.2) is 12.0 Å². The van der Waals surface area contributed by atoms with E-state index in [-0.39, 0.29) is 5.69 Å². The molecule has 0 saturated heterocycles. The van der Waals surface area contributed by atoms with Gasteiger partial charge in [0.25, 0.3) is 5.69 Å². The molecule has 0 heterocycles. The maximum absolute atomic E-state index is 13.5. The van der Waals surface area contributed by atoms with Gasteiger partial charge in [0.1, 0.15) is 0 Å². The molecule has 0 radical (unpaired) electrons. The Morgan fingerprint density at radius 1 is 1.17 bits per heavy atom. The summed E-state index contributed by atoms with van der Waals surface area (Å²) >= 11 is 5.71. The normalized spacial score (nSPS) is 11.6. The van der Waals surface area contributed by atoms with Crippen LogP contribution in [0.5, 0.6) is 5.75 Å². The average molecular weight is 266 g/mol. The molecule has 5 heteroatoms. The van der Waals surface area contributed by atoms with Crippen LogP contribution in [0.4, 0.5) is 10.1 Å². The molecule has 0 aliphatic carbocycles. The largest absolute Gasteiger partial charge is 0.618 e. The Kier molecular flexibility index (Phi) is 3.48. The second-order valence-corrected chi connectivity index (χ2v) is 4.05. The van der Waals surface area contributed by atoms with E-state index in [2.05, 4.69) is 0 Å². The molecule has 18 heavy (non-hydrogen) atoms. The Hall–Kier alpha value is -2.07. The second kappa shape index (κ2) is 5.06. The van der Waals surface area contributed by atoms with Crippen LogP contribution >= 0.6 is 11.6 Å². The van der Waals surface area contributed by atoms with Gasteiger partial charge in [-0.1, -0.05) is 17.7 Å². The van der Waals surface area contributed by atoms with Gasteiger partial charge < -0.3 is 10.3 Å². The zero-order chi connectivity index (χ0) is 13.1. The number of aromatic hydroxyl groups is 1. The molecule has 0 saturated carbocycles. The molecule has 0 unspecified atom stereocenters. The van der Waals surface area contributed by atoms with Crippen molar-refractivity contribution in [1.29, 1.82) is 0 Å². The van der Waals surface area contributed by atoms with E-state index in [1.54, 1.807) is 24.3 Å². The number of hydrogen-bond acceptors (Lipinski definition) is 2. The highest BCUT2D eigenvalue weighted by atomic mass is 35.5. The molecule has 3 nitrogen and oxygen atoms in total. The molecule has 2 aromatic rings. The average Bonchev–Trinajstić information content (AvgIpc) is 2.35. The van der Waals surface area contributed by atoms with E-state index in [0.29, 0.717) is 15.3 Å². The Labute approximate surface area is 108 Å². The fourth-order valence-electron chi connectivity index (χ4n) is 1.43. The molecule has 0 fully saturated rings. The first-order chi connectivity index (χ1) is 8.58. The lowest BCUT2D eigenvalue weighted by Gasteiger charge is -2.04. The van der Waals surface area contributed by atoms with Crippen LogP contribution in [0.2, 0.25) is 5.02 Å².